The molecular formula is C32H36F4O3. The fraction of sp³-hybridized carbons (Fsp3) is 0.469. The van der Waals surface area contributed by atoms with Crippen molar-refractivity contribution in [2.75, 3.05) is 6.61 Å². The van der Waals surface area contributed by atoms with Crippen LogP contribution in [0.15, 0.2) is 48.6 Å². The van der Waals surface area contributed by atoms with E-state index >= 15 is 8.78 Å². The largest absolute Gasteiger partial charge is 0.486 e. The molecule has 0 amide bonds. The second kappa shape index (κ2) is 13.3. The lowest BCUT2D eigenvalue weighted by atomic mass is 9.63. The molecule has 4 unspecified atom stereocenters. The van der Waals surface area contributed by atoms with E-state index in [1.807, 2.05) is 6.92 Å². The number of esters is 1. The molecular weight excluding hydrogens is 508 g/mol. The third-order valence-electron chi connectivity index (χ3n) is 8.26. The zero-order valence-corrected chi connectivity index (χ0v) is 22.5. The Morgan fingerprint density at radius 1 is 0.821 bits per heavy atom. The minimum absolute atomic E-state index is 0.0304. The van der Waals surface area contributed by atoms with Crippen LogP contribution in [0.5, 0.6) is 11.5 Å². The van der Waals surface area contributed by atoms with Crippen molar-refractivity contribution >= 4 is 5.97 Å². The molecule has 0 radical (unpaired) electrons. The third-order valence-corrected chi connectivity index (χ3v) is 8.26. The molecule has 3 nitrogen and oxygen atoms in total. The highest BCUT2D eigenvalue weighted by Gasteiger charge is 2.37. The van der Waals surface area contributed by atoms with Crippen LogP contribution in [0.2, 0.25) is 0 Å². The van der Waals surface area contributed by atoms with E-state index in [1.54, 1.807) is 19.1 Å². The Balaban J connectivity index is 1.41. The Bertz CT molecular complexity index is 1220. The van der Waals surface area contributed by atoms with Crippen molar-refractivity contribution in [3.63, 3.8) is 0 Å². The van der Waals surface area contributed by atoms with Crippen molar-refractivity contribution in [2.24, 2.45) is 17.8 Å². The van der Waals surface area contributed by atoms with E-state index in [1.165, 1.54) is 31.4 Å². The quantitative estimate of drug-likeness (QED) is 0.137. The van der Waals surface area contributed by atoms with Gasteiger partial charge in [0.1, 0.15) is 6.61 Å². The van der Waals surface area contributed by atoms with Crippen molar-refractivity contribution in [3.8, 4) is 11.5 Å². The first-order valence-electron chi connectivity index (χ1n) is 13.9. The number of ether oxygens (including phenoxy) is 2. The first-order chi connectivity index (χ1) is 18.8. The average Bonchev–Trinajstić information content (AvgIpc) is 2.94. The van der Waals surface area contributed by atoms with Crippen LogP contribution in [-0.2, 0) is 0 Å². The van der Waals surface area contributed by atoms with Crippen LogP contribution in [0, 0.1) is 41.0 Å². The maximum Gasteiger partial charge on any atom is 0.346 e. The summed E-state index contributed by atoms with van der Waals surface area (Å²) in [6, 6.07) is 4.72. The lowest BCUT2D eigenvalue weighted by molar-refractivity contribution is 0.0720. The number of rotatable bonds is 9. The second-order valence-electron chi connectivity index (χ2n) is 10.6. The van der Waals surface area contributed by atoms with Gasteiger partial charge in [-0.15, -0.1) is 0 Å². The monoisotopic (exact) mass is 544 g/mol. The Morgan fingerprint density at radius 3 is 2.28 bits per heavy atom. The highest BCUT2D eigenvalue weighted by atomic mass is 19.2. The normalized spacial score (nSPS) is 23.2. The van der Waals surface area contributed by atoms with Gasteiger partial charge in [-0.2, -0.15) is 8.78 Å². The van der Waals surface area contributed by atoms with Crippen LogP contribution in [0.1, 0.15) is 87.1 Å². The summed E-state index contributed by atoms with van der Waals surface area (Å²) in [6.07, 6.45) is 16.0. The number of carbonyl (C=O) groups is 1. The maximum atomic E-state index is 15.2. The van der Waals surface area contributed by atoms with Crippen molar-refractivity contribution in [3.05, 3.63) is 83.0 Å². The van der Waals surface area contributed by atoms with Crippen LogP contribution in [0.4, 0.5) is 17.6 Å². The zero-order valence-electron chi connectivity index (χ0n) is 22.5. The minimum atomic E-state index is -1.45. The van der Waals surface area contributed by atoms with Crippen molar-refractivity contribution in [2.45, 2.75) is 71.1 Å². The second-order valence-corrected chi connectivity index (χ2v) is 10.6. The van der Waals surface area contributed by atoms with E-state index in [9.17, 15) is 13.6 Å². The van der Waals surface area contributed by atoms with Crippen LogP contribution in [-0.4, -0.2) is 12.6 Å². The van der Waals surface area contributed by atoms with Gasteiger partial charge in [-0.1, -0.05) is 36.8 Å². The molecule has 4 atom stereocenters. The van der Waals surface area contributed by atoms with Gasteiger partial charge in [0.2, 0.25) is 11.6 Å². The van der Waals surface area contributed by atoms with E-state index in [2.05, 4.69) is 12.2 Å². The summed E-state index contributed by atoms with van der Waals surface area (Å²) in [5.74, 6) is -5.86. The molecule has 0 saturated heterocycles. The number of carbonyl (C=O) groups excluding carboxylic acids is 1. The summed E-state index contributed by atoms with van der Waals surface area (Å²) >= 11 is 0. The van der Waals surface area contributed by atoms with Gasteiger partial charge in [0.25, 0.3) is 0 Å². The molecule has 0 spiro atoms. The maximum absolute atomic E-state index is 15.2. The molecule has 7 heteroatoms. The van der Waals surface area contributed by atoms with Gasteiger partial charge in [0, 0.05) is 0 Å². The van der Waals surface area contributed by atoms with Crippen LogP contribution in [0.3, 0.4) is 0 Å². The molecule has 0 aliphatic heterocycles. The van der Waals surface area contributed by atoms with E-state index in [0.29, 0.717) is 11.8 Å². The van der Waals surface area contributed by atoms with Gasteiger partial charge in [0.15, 0.2) is 23.1 Å². The summed E-state index contributed by atoms with van der Waals surface area (Å²) in [7, 11) is 0. The SMILES string of the molecule is C/C=C/CCC1CCC2CC(c3ccc(C(=O)Oc4ccc(OC/C=C/C)c(F)c4F)c(F)c3F)CCC2C1. The smallest absolute Gasteiger partial charge is 0.346 e. The van der Waals surface area contributed by atoms with Crippen molar-refractivity contribution in [1.82, 2.24) is 0 Å². The third kappa shape index (κ3) is 6.74. The average molecular weight is 545 g/mol. The van der Waals surface area contributed by atoms with E-state index in [0.717, 1.165) is 50.2 Å². The molecule has 2 aromatic carbocycles. The molecule has 4 rings (SSSR count). The standard InChI is InChI=1S/C32H36F4O3/c1-3-5-7-8-20-9-10-22-19-23(12-11-21(22)18-20)24-13-14-25(29(34)28(24)33)32(37)39-27-16-15-26(30(35)31(27)36)38-17-6-4-2/h3-6,13-16,20-23H,7-12,17-19H2,1-2H3/b5-3+,6-4+. The van der Waals surface area contributed by atoms with E-state index in [-0.39, 0.29) is 23.8 Å². The predicted octanol–water partition coefficient (Wildman–Crippen LogP) is 9.07. The predicted molar refractivity (Wildman–Crippen MR) is 143 cm³/mol. The molecule has 39 heavy (non-hydrogen) atoms. The summed E-state index contributed by atoms with van der Waals surface area (Å²) in [5.41, 5.74) is -0.405. The molecule has 2 aliphatic rings. The van der Waals surface area contributed by atoms with Crippen molar-refractivity contribution in [1.29, 1.82) is 0 Å². The number of allylic oxidation sites excluding steroid dienone is 3. The molecule has 2 saturated carbocycles. The fourth-order valence-corrected chi connectivity index (χ4v) is 6.16. The van der Waals surface area contributed by atoms with Crippen LogP contribution in [0.25, 0.3) is 0 Å². The summed E-state index contributed by atoms with van der Waals surface area (Å²) in [4.78, 5) is 12.6. The topological polar surface area (TPSA) is 35.5 Å². The first-order valence-corrected chi connectivity index (χ1v) is 13.9. The number of halogens is 4. The Kier molecular flexibility index (Phi) is 9.87. The van der Waals surface area contributed by atoms with Gasteiger partial charge in [0.05, 0.1) is 5.56 Å². The Labute approximate surface area is 227 Å². The summed E-state index contributed by atoms with van der Waals surface area (Å²) < 4.78 is 69.0. The van der Waals surface area contributed by atoms with E-state index in [4.69, 9.17) is 9.47 Å². The lowest BCUT2D eigenvalue weighted by Gasteiger charge is -2.42. The lowest BCUT2D eigenvalue weighted by Crippen LogP contribution is -2.30. The highest BCUT2D eigenvalue weighted by Crippen LogP contribution is 2.49. The number of fused-ring (bicyclic) bond motifs is 1. The van der Waals surface area contributed by atoms with Crippen LogP contribution < -0.4 is 9.47 Å². The minimum Gasteiger partial charge on any atom is -0.486 e. The number of hydrogen-bond acceptors (Lipinski definition) is 3. The molecule has 2 aliphatic carbocycles. The first kappa shape index (κ1) is 28.9. The van der Waals surface area contributed by atoms with Gasteiger partial charge < -0.3 is 9.47 Å². The van der Waals surface area contributed by atoms with Crippen LogP contribution >= 0.6 is 0 Å². The van der Waals surface area contributed by atoms with Gasteiger partial charge in [-0.05, 0) is 106 Å². The molecule has 2 fully saturated rings. The van der Waals surface area contributed by atoms with Crippen molar-refractivity contribution < 1.29 is 31.8 Å². The molecule has 0 bridgehead atoms. The summed E-state index contributed by atoms with van der Waals surface area (Å²) in [5, 5.41) is 0. The molecule has 0 aromatic heterocycles. The van der Waals surface area contributed by atoms with E-state index < -0.39 is 40.6 Å². The van der Waals surface area contributed by atoms with Gasteiger partial charge >= 0.3 is 5.97 Å². The fourth-order valence-electron chi connectivity index (χ4n) is 6.16. The van der Waals surface area contributed by atoms with Gasteiger partial charge in [-0.3, -0.25) is 0 Å². The molecule has 0 heterocycles. The Hall–Kier alpha value is -3.09. The molecule has 0 N–H and O–H groups in total. The number of benzene rings is 2. The Morgan fingerprint density at radius 2 is 1.51 bits per heavy atom. The number of hydrogen-bond donors (Lipinski definition) is 0. The molecule has 2 aromatic rings. The zero-order chi connectivity index (χ0) is 27.9. The van der Waals surface area contributed by atoms with Gasteiger partial charge in [-0.25, -0.2) is 13.6 Å². The highest BCUT2D eigenvalue weighted by molar-refractivity contribution is 5.91. The molecule has 210 valence electrons. The summed E-state index contributed by atoms with van der Waals surface area (Å²) in [6.45, 7) is 3.82.